The molecule has 2 aromatic carbocycles. The number of hydrogen-bond donors (Lipinski definition) is 2. The van der Waals surface area contributed by atoms with Crippen LogP contribution in [0.1, 0.15) is 12.8 Å². The van der Waals surface area contributed by atoms with Crippen LogP contribution in [0.3, 0.4) is 0 Å². The maximum absolute atomic E-state index is 6.46. The number of anilines is 4. The molecule has 0 bridgehead atoms. The third kappa shape index (κ3) is 4.72. The number of nitrogens with two attached hydrogens (primary N) is 1. The molecule has 1 aliphatic heterocycles. The number of nitrogens with one attached hydrogen (secondary N) is 1. The number of rotatable bonds is 9. The van der Waals surface area contributed by atoms with Gasteiger partial charge in [-0.15, -0.1) is 0 Å². The minimum atomic E-state index is 0.409. The Hall–Kier alpha value is -4.05. The third-order valence-corrected chi connectivity index (χ3v) is 6.61. The molecule has 36 heavy (non-hydrogen) atoms. The van der Waals surface area contributed by atoms with Crippen molar-refractivity contribution in [2.75, 3.05) is 63.4 Å². The summed E-state index contributed by atoms with van der Waals surface area (Å²) in [6.45, 7) is 4.27. The van der Waals surface area contributed by atoms with Crippen molar-refractivity contribution in [3.63, 3.8) is 0 Å². The molecular weight excluding hydrogens is 456 g/mol. The van der Waals surface area contributed by atoms with Crippen molar-refractivity contribution >= 4 is 33.9 Å². The maximum Gasteiger partial charge on any atom is 0.229 e. The number of likely N-dealkylation sites (N-methyl/N-ethyl adjacent to an activating group) is 1. The molecule has 10 nitrogen and oxygen atoms in total. The van der Waals surface area contributed by atoms with Crippen LogP contribution in [-0.2, 0) is 0 Å². The standard InChI is InChI=1S/C26H32N8O2/c1-32(13-14-33-11-4-5-12-33)22-16-24(36-3)20(15-19(22)27)30-26-28-10-9-25(31-26)34-21-7-6-8-23(35-2)18(21)17-29-34/h6-10,15-17H,4-5,11-14,27H2,1-3H3,(H,28,30,31). The molecule has 0 radical (unpaired) electrons. The maximum atomic E-state index is 6.46. The van der Waals surface area contributed by atoms with E-state index in [-0.39, 0.29) is 0 Å². The van der Waals surface area contributed by atoms with E-state index >= 15 is 0 Å². The van der Waals surface area contributed by atoms with Gasteiger partial charge in [-0.1, -0.05) is 6.07 Å². The molecule has 10 heteroatoms. The predicted molar refractivity (Wildman–Crippen MR) is 143 cm³/mol. The van der Waals surface area contributed by atoms with Crippen molar-refractivity contribution in [3.8, 4) is 17.3 Å². The molecule has 0 atom stereocenters. The van der Waals surface area contributed by atoms with Crippen LogP contribution < -0.4 is 25.4 Å². The van der Waals surface area contributed by atoms with Gasteiger partial charge in [0.15, 0.2) is 5.82 Å². The first kappa shape index (κ1) is 23.7. The monoisotopic (exact) mass is 488 g/mol. The van der Waals surface area contributed by atoms with Crippen LogP contribution in [0, 0.1) is 0 Å². The minimum absolute atomic E-state index is 0.409. The second kappa shape index (κ2) is 10.3. The molecule has 188 valence electrons. The number of methoxy groups -OCH3 is 2. The molecule has 5 rings (SSSR count). The average Bonchev–Trinajstić information content (AvgIpc) is 3.57. The van der Waals surface area contributed by atoms with Gasteiger partial charge >= 0.3 is 0 Å². The van der Waals surface area contributed by atoms with Crippen LogP contribution in [0.4, 0.5) is 23.0 Å². The second-order valence-electron chi connectivity index (χ2n) is 8.89. The van der Waals surface area contributed by atoms with Crippen LogP contribution in [0.25, 0.3) is 16.7 Å². The number of nitrogen functional groups attached to an aromatic ring is 1. The van der Waals surface area contributed by atoms with Crippen LogP contribution in [0.2, 0.25) is 0 Å². The lowest BCUT2D eigenvalue weighted by atomic mass is 10.2. The lowest BCUT2D eigenvalue weighted by Gasteiger charge is -2.25. The molecule has 1 fully saturated rings. The summed E-state index contributed by atoms with van der Waals surface area (Å²) in [4.78, 5) is 13.7. The van der Waals surface area contributed by atoms with Gasteiger partial charge in [0.25, 0.3) is 0 Å². The third-order valence-electron chi connectivity index (χ3n) is 6.61. The zero-order valence-electron chi connectivity index (χ0n) is 20.9. The number of nitrogens with zero attached hydrogens (tertiary/aromatic N) is 6. The average molecular weight is 489 g/mol. The highest BCUT2D eigenvalue weighted by Gasteiger charge is 2.17. The summed E-state index contributed by atoms with van der Waals surface area (Å²) in [5, 5.41) is 8.68. The Balaban J connectivity index is 1.38. The topological polar surface area (TPSA) is 107 Å². The summed E-state index contributed by atoms with van der Waals surface area (Å²) in [6.07, 6.45) is 6.03. The molecule has 0 unspecified atom stereocenters. The van der Waals surface area contributed by atoms with Gasteiger partial charge in [-0.25, -0.2) is 9.67 Å². The molecule has 1 saturated heterocycles. The fourth-order valence-corrected chi connectivity index (χ4v) is 4.63. The SMILES string of the molecule is COc1cc(N(C)CCN2CCCC2)c(N)cc1Nc1nccc(-n2ncc3c(OC)cccc32)n1. The van der Waals surface area contributed by atoms with E-state index in [1.807, 2.05) is 30.3 Å². The zero-order chi connectivity index (χ0) is 25.1. The Morgan fingerprint density at radius 3 is 2.67 bits per heavy atom. The first-order valence-electron chi connectivity index (χ1n) is 12.1. The summed E-state index contributed by atoms with van der Waals surface area (Å²) < 4.78 is 12.9. The summed E-state index contributed by atoms with van der Waals surface area (Å²) >= 11 is 0. The van der Waals surface area contributed by atoms with E-state index < -0.39 is 0 Å². The Kier molecular flexibility index (Phi) is 6.77. The van der Waals surface area contributed by atoms with Gasteiger partial charge in [-0.3, -0.25) is 0 Å². The van der Waals surface area contributed by atoms with Gasteiger partial charge in [0, 0.05) is 38.5 Å². The summed E-state index contributed by atoms with van der Waals surface area (Å²) in [7, 11) is 5.35. The largest absolute Gasteiger partial charge is 0.496 e. The lowest BCUT2D eigenvalue weighted by molar-refractivity contribution is 0.346. The van der Waals surface area contributed by atoms with Gasteiger partial charge < -0.3 is 30.3 Å². The highest BCUT2D eigenvalue weighted by atomic mass is 16.5. The van der Waals surface area contributed by atoms with E-state index in [1.54, 1.807) is 37.4 Å². The molecule has 0 spiro atoms. The lowest BCUT2D eigenvalue weighted by Crippen LogP contribution is -2.31. The van der Waals surface area contributed by atoms with E-state index in [9.17, 15) is 0 Å². The highest BCUT2D eigenvalue weighted by Crippen LogP contribution is 2.36. The summed E-state index contributed by atoms with van der Waals surface area (Å²) in [5.74, 6) is 2.46. The first-order chi connectivity index (χ1) is 17.6. The molecule has 3 heterocycles. The van der Waals surface area contributed by atoms with E-state index in [4.69, 9.17) is 15.2 Å². The minimum Gasteiger partial charge on any atom is -0.496 e. The second-order valence-corrected chi connectivity index (χ2v) is 8.89. The highest BCUT2D eigenvalue weighted by molar-refractivity contribution is 5.86. The molecule has 0 aliphatic carbocycles. The molecule has 1 aliphatic rings. The first-order valence-corrected chi connectivity index (χ1v) is 12.1. The number of fused-ring (bicyclic) bond motifs is 1. The number of benzene rings is 2. The van der Waals surface area contributed by atoms with Crippen molar-refractivity contribution in [1.29, 1.82) is 0 Å². The van der Waals surface area contributed by atoms with Gasteiger partial charge in [-0.2, -0.15) is 10.1 Å². The van der Waals surface area contributed by atoms with E-state index in [0.717, 1.165) is 35.4 Å². The van der Waals surface area contributed by atoms with Gasteiger partial charge in [0.2, 0.25) is 5.95 Å². The van der Waals surface area contributed by atoms with Crippen molar-refractivity contribution in [2.45, 2.75) is 12.8 Å². The molecular formula is C26H32N8O2. The molecule has 2 aromatic heterocycles. The Labute approximate surface area is 210 Å². The van der Waals surface area contributed by atoms with Crippen LogP contribution in [0.15, 0.2) is 48.8 Å². The Morgan fingerprint density at radius 1 is 1.08 bits per heavy atom. The van der Waals surface area contributed by atoms with Gasteiger partial charge in [-0.05, 0) is 44.1 Å². The predicted octanol–water partition coefficient (Wildman–Crippen LogP) is 3.69. The smallest absolute Gasteiger partial charge is 0.229 e. The number of aromatic nitrogens is 4. The van der Waals surface area contributed by atoms with E-state index in [2.05, 4.69) is 37.2 Å². The van der Waals surface area contributed by atoms with Crippen molar-refractivity contribution < 1.29 is 9.47 Å². The fourth-order valence-electron chi connectivity index (χ4n) is 4.63. The quantitative estimate of drug-likeness (QED) is 0.341. The van der Waals surface area contributed by atoms with Crippen LogP contribution in [-0.4, -0.2) is 72.1 Å². The summed E-state index contributed by atoms with van der Waals surface area (Å²) in [5.41, 5.74) is 9.63. The van der Waals surface area contributed by atoms with E-state index in [1.165, 1.54) is 25.9 Å². The van der Waals surface area contributed by atoms with Crippen molar-refractivity contribution in [1.82, 2.24) is 24.6 Å². The molecule has 0 amide bonds. The number of hydrogen-bond acceptors (Lipinski definition) is 9. The normalized spacial score (nSPS) is 13.8. The Morgan fingerprint density at radius 2 is 1.89 bits per heavy atom. The number of ether oxygens (including phenoxy) is 2. The van der Waals surface area contributed by atoms with E-state index in [0.29, 0.717) is 28.9 Å². The Bertz CT molecular complexity index is 1350. The zero-order valence-corrected chi connectivity index (χ0v) is 20.9. The van der Waals surface area contributed by atoms with Gasteiger partial charge in [0.1, 0.15) is 11.5 Å². The van der Waals surface area contributed by atoms with Crippen LogP contribution in [0.5, 0.6) is 11.5 Å². The van der Waals surface area contributed by atoms with Crippen LogP contribution >= 0.6 is 0 Å². The molecule has 4 aromatic rings. The molecule has 3 N–H and O–H groups in total. The van der Waals surface area contributed by atoms with Crippen molar-refractivity contribution in [2.24, 2.45) is 0 Å². The fraction of sp³-hybridized carbons (Fsp3) is 0.346. The van der Waals surface area contributed by atoms with Gasteiger partial charge in [0.05, 0.1) is 48.4 Å². The molecule has 0 saturated carbocycles. The van der Waals surface area contributed by atoms with Crippen molar-refractivity contribution in [3.05, 3.63) is 48.8 Å². The summed E-state index contributed by atoms with van der Waals surface area (Å²) in [6, 6.07) is 11.4. The number of likely N-dealkylation sites (tertiary alicyclic amines) is 1.